The maximum Gasteiger partial charge on any atom is 0.156 e. The first-order valence-electron chi connectivity index (χ1n) is 3.51. The molecule has 0 bridgehead atoms. The van der Waals surface area contributed by atoms with E-state index in [1.54, 1.807) is 0 Å². The van der Waals surface area contributed by atoms with Crippen molar-refractivity contribution in [3.05, 3.63) is 29.8 Å². The van der Waals surface area contributed by atoms with Crippen molar-refractivity contribution >= 4 is 25.1 Å². The average Bonchev–Trinajstić information content (AvgIpc) is 2.04. The second kappa shape index (κ2) is 3.79. The van der Waals surface area contributed by atoms with Crippen molar-refractivity contribution in [1.82, 2.24) is 0 Å². The van der Waals surface area contributed by atoms with Gasteiger partial charge < -0.3 is 0 Å². The predicted octanol–water partition coefficient (Wildman–Crippen LogP) is 1.20. The molecule has 0 fully saturated rings. The molecule has 0 saturated heterocycles. The Morgan fingerprint density at radius 3 is 2.60 bits per heavy atom. The van der Waals surface area contributed by atoms with Crippen LogP contribution in [0.2, 0.25) is 0 Å². The Kier molecular flexibility index (Phi) is 2.97. The largest absolute Gasteiger partial charge is 0.170 e. The summed E-state index contributed by atoms with van der Waals surface area (Å²) in [6.07, 6.45) is 1.11. The zero-order chi connectivity index (χ0) is 7.40. The molecule has 1 aromatic rings. The molecular formula is C8H11ClSi. The summed E-state index contributed by atoms with van der Waals surface area (Å²) < 4.78 is 0. The predicted molar refractivity (Wildman–Crippen MR) is 49.9 cm³/mol. The van der Waals surface area contributed by atoms with Gasteiger partial charge >= 0.3 is 0 Å². The van der Waals surface area contributed by atoms with E-state index in [0.29, 0.717) is 0 Å². The van der Waals surface area contributed by atoms with Crippen molar-refractivity contribution in [2.75, 3.05) is 0 Å². The number of aryl methyl sites for hydroxylation is 1. The first-order valence-corrected chi connectivity index (χ1v) is 6.35. The lowest BCUT2D eigenvalue weighted by molar-refractivity contribution is 1.15. The molecule has 2 heteroatoms. The van der Waals surface area contributed by atoms with Crippen LogP contribution in [0.15, 0.2) is 24.3 Å². The number of hydrogen-bond donors (Lipinski definition) is 0. The van der Waals surface area contributed by atoms with Gasteiger partial charge in [0.2, 0.25) is 0 Å². The third kappa shape index (κ3) is 1.61. The third-order valence-corrected chi connectivity index (χ3v) is 3.48. The van der Waals surface area contributed by atoms with E-state index in [2.05, 4.69) is 31.2 Å². The smallest absolute Gasteiger partial charge is 0.156 e. The highest BCUT2D eigenvalue weighted by Gasteiger charge is 1.95. The van der Waals surface area contributed by atoms with Crippen LogP contribution in [0.5, 0.6) is 0 Å². The molecule has 54 valence electrons. The standard InChI is InChI=1S/C8H11ClSi/c1-2-7-5-3-4-6-8(7)10-9/h3-6H,2,10H2,1H3. The normalized spacial score (nSPS) is 11.0. The molecule has 0 N–H and O–H groups in total. The molecule has 0 radical (unpaired) electrons. The van der Waals surface area contributed by atoms with Crippen molar-refractivity contribution in [3.8, 4) is 0 Å². The Hall–Kier alpha value is -0.273. The molecule has 0 aliphatic rings. The highest BCUT2D eigenvalue weighted by Crippen LogP contribution is 1.96. The van der Waals surface area contributed by atoms with E-state index in [4.69, 9.17) is 11.1 Å². The SMILES string of the molecule is CCc1ccccc1[SiH2]Cl. The summed E-state index contributed by atoms with van der Waals surface area (Å²) >= 11 is 5.85. The van der Waals surface area contributed by atoms with Gasteiger partial charge in [0, 0.05) is 0 Å². The summed E-state index contributed by atoms with van der Waals surface area (Å²) in [4.78, 5) is 0. The molecule has 0 aromatic heterocycles. The van der Waals surface area contributed by atoms with E-state index in [1.807, 2.05) is 0 Å². The average molecular weight is 171 g/mol. The van der Waals surface area contributed by atoms with E-state index in [1.165, 1.54) is 10.8 Å². The lowest BCUT2D eigenvalue weighted by Crippen LogP contribution is -2.13. The van der Waals surface area contributed by atoms with Crippen LogP contribution in [0.25, 0.3) is 0 Å². The highest BCUT2D eigenvalue weighted by atomic mass is 35.6. The lowest BCUT2D eigenvalue weighted by Gasteiger charge is -2.01. The van der Waals surface area contributed by atoms with Crippen molar-refractivity contribution in [2.45, 2.75) is 13.3 Å². The van der Waals surface area contributed by atoms with Crippen molar-refractivity contribution in [1.29, 1.82) is 0 Å². The molecule has 1 rings (SSSR count). The first-order chi connectivity index (χ1) is 4.88. The fourth-order valence-electron chi connectivity index (χ4n) is 1.03. The second-order valence-corrected chi connectivity index (χ2v) is 4.09. The summed E-state index contributed by atoms with van der Waals surface area (Å²) in [5, 5.41) is 1.40. The molecule has 10 heavy (non-hydrogen) atoms. The van der Waals surface area contributed by atoms with Crippen LogP contribution < -0.4 is 5.19 Å². The first kappa shape index (κ1) is 7.83. The summed E-state index contributed by atoms with van der Waals surface area (Å²) in [7, 11) is -0.476. The Labute approximate surface area is 68.7 Å². The minimum Gasteiger partial charge on any atom is -0.170 e. The Morgan fingerprint density at radius 1 is 1.40 bits per heavy atom. The van der Waals surface area contributed by atoms with Crippen LogP contribution >= 0.6 is 11.1 Å². The molecule has 0 saturated carbocycles. The topological polar surface area (TPSA) is 0 Å². The quantitative estimate of drug-likeness (QED) is 0.462. The van der Waals surface area contributed by atoms with Gasteiger partial charge in [0.15, 0.2) is 8.83 Å². The zero-order valence-corrected chi connectivity index (χ0v) is 8.27. The molecule has 0 aliphatic carbocycles. The zero-order valence-electron chi connectivity index (χ0n) is 6.10. The van der Waals surface area contributed by atoms with Gasteiger partial charge in [0.1, 0.15) is 0 Å². The van der Waals surface area contributed by atoms with Crippen LogP contribution in [0.1, 0.15) is 12.5 Å². The molecular weight excluding hydrogens is 160 g/mol. The molecule has 0 atom stereocenters. The van der Waals surface area contributed by atoms with Gasteiger partial charge in [0.05, 0.1) is 0 Å². The monoisotopic (exact) mass is 170 g/mol. The van der Waals surface area contributed by atoms with Gasteiger partial charge in [-0.3, -0.25) is 0 Å². The van der Waals surface area contributed by atoms with Gasteiger partial charge in [-0.05, 0) is 17.2 Å². The van der Waals surface area contributed by atoms with Gasteiger partial charge in [0.25, 0.3) is 0 Å². The van der Waals surface area contributed by atoms with Crippen LogP contribution in [-0.2, 0) is 6.42 Å². The van der Waals surface area contributed by atoms with Gasteiger partial charge in [-0.2, -0.15) is 11.1 Å². The van der Waals surface area contributed by atoms with E-state index >= 15 is 0 Å². The molecule has 0 nitrogen and oxygen atoms in total. The van der Waals surface area contributed by atoms with E-state index in [0.717, 1.165) is 6.42 Å². The van der Waals surface area contributed by atoms with Crippen molar-refractivity contribution in [2.24, 2.45) is 0 Å². The van der Waals surface area contributed by atoms with Gasteiger partial charge in [-0.25, -0.2) is 0 Å². The molecule has 0 amide bonds. The fraction of sp³-hybridized carbons (Fsp3) is 0.250. The van der Waals surface area contributed by atoms with E-state index in [-0.39, 0.29) is 0 Å². The summed E-state index contributed by atoms with van der Waals surface area (Å²) in [6, 6.07) is 8.43. The Bertz CT molecular complexity index is 187. The molecule has 1 aromatic carbocycles. The van der Waals surface area contributed by atoms with Gasteiger partial charge in [-0.1, -0.05) is 31.2 Å². The molecule has 0 aliphatic heterocycles. The molecule has 0 unspecified atom stereocenters. The lowest BCUT2D eigenvalue weighted by atomic mass is 10.2. The number of rotatable bonds is 2. The second-order valence-electron chi connectivity index (χ2n) is 2.26. The van der Waals surface area contributed by atoms with Gasteiger partial charge in [-0.15, -0.1) is 0 Å². The number of benzene rings is 1. The van der Waals surface area contributed by atoms with Crippen LogP contribution in [-0.4, -0.2) is 8.83 Å². The minimum absolute atomic E-state index is 0.476. The molecule has 0 heterocycles. The summed E-state index contributed by atoms with van der Waals surface area (Å²) in [5.74, 6) is 0. The Balaban J connectivity index is 2.96. The minimum atomic E-state index is -0.476. The van der Waals surface area contributed by atoms with Crippen LogP contribution in [0.3, 0.4) is 0 Å². The third-order valence-electron chi connectivity index (χ3n) is 1.64. The maximum absolute atomic E-state index is 5.85. The van der Waals surface area contributed by atoms with Crippen LogP contribution in [0, 0.1) is 0 Å². The fourth-order valence-corrected chi connectivity index (χ4v) is 2.58. The number of hydrogen-bond acceptors (Lipinski definition) is 0. The van der Waals surface area contributed by atoms with Crippen molar-refractivity contribution in [3.63, 3.8) is 0 Å². The summed E-state index contributed by atoms with van der Waals surface area (Å²) in [5.41, 5.74) is 1.42. The molecule has 0 spiro atoms. The number of halogens is 1. The Morgan fingerprint density at radius 2 is 2.10 bits per heavy atom. The van der Waals surface area contributed by atoms with Crippen molar-refractivity contribution < 1.29 is 0 Å². The van der Waals surface area contributed by atoms with E-state index in [9.17, 15) is 0 Å². The highest BCUT2D eigenvalue weighted by molar-refractivity contribution is 7.01. The summed E-state index contributed by atoms with van der Waals surface area (Å²) in [6.45, 7) is 2.17. The van der Waals surface area contributed by atoms with Crippen LogP contribution in [0.4, 0.5) is 0 Å². The maximum atomic E-state index is 5.85. The van der Waals surface area contributed by atoms with E-state index < -0.39 is 8.83 Å².